The summed E-state index contributed by atoms with van der Waals surface area (Å²) in [5, 5.41) is 0. The summed E-state index contributed by atoms with van der Waals surface area (Å²) in [4.78, 5) is 11.7. The van der Waals surface area contributed by atoms with Crippen LogP contribution in [0.3, 0.4) is 0 Å². The van der Waals surface area contributed by atoms with Gasteiger partial charge in [0, 0.05) is 11.0 Å². The molecule has 0 saturated heterocycles. The smallest absolute Gasteiger partial charge is 0.241 e. The van der Waals surface area contributed by atoms with Gasteiger partial charge < -0.3 is 5.73 Å². The summed E-state index contributed by atoms with van der Waals surface area (Å²) in [5.74, 6) is 0.647. The van der Waals surface area contributed by atoms with Gasteiger partial charge in [0.25, 0.3) is 0 Å². The zero-order valence-corrected chi connectivity index (χ0v) is 8.88. The third-order valence-electron chi connectivity index (χ3n) is 1.63. The van der Waals surface area contributed by atoms with Crippen molar-refractivity contribution in [1.82, 2.24) is 0 Å². The first-order chi connectivity index (χ1) is 6.72. The lowest BCUT2D eigenvalue weighted by atomic mass is 10.2. The number of hydrogen-bond donors (Lipinski definition) is 1. The van der Waals surface area contributed by atoms with E-state index in [2.05, 4.69) is 6.92 Å². The second-order valence-electron chi connectivity index (χ2n) is 2.74. The van der Waals surface area contributed by atoms with Crippen LogP contribution in [0, 0.1) is 0 Å². The van der Waals surface area contributed by atoms with E-state index in [-0.39, 0.29) is 0 Å². The second-order valence-corrected chi connectivity index (χ2v) is 4.08. The number of carbonyl (C=O) groups excluding carboxylic acids is 1. The largest absolute Gasteiger partial charge is 0.366 e. The maximum atomic E-state index is 10.5. The van der Waals surface area contributed by atoms with Crippen molar-refractivity contribution in [2.24, 2.45) is 5.73 Å². The summed E-state index contributed by atoms with van der Waals surface area (Å²) < 4.78 is 0. The average molecular weight is 207 g/mol. The van der Waals surface area contributed by atoms with Gasteiger partial charge in [0.2, 0.25) is 5.91 Å². The molecule has 0 saturated carbocycles. The van der Waals surface area contributed by atoms with Gasteiger partial charge in [0.15, 0.2) is 0 Å². The molecule has 2 N–H and O–H groups in total. The molecule has 1 aromatic carbocycles. The molecule has 0 aliphatic heterocycles. The maximum Gasteiger partial charge on any atom is 0.241 e. The van der Waals surface area contributed by atoms with Gasteiger partial charge in [0.1, 0.15) is 0 Å². The Morgan fingerprint density at radius 1 is 1.43 bits per heavy atom. The van der Waals surface area contributed by atoms with Crippen LogP contribution in [0.5, 0.6) is 0 Å². The fourth-order valence-electron chi connectivity index (χ4n) is 1.02. The number of primary amides is 1. The number of nitrogens with two attached hydrogens (primary N) is 1. The van der Waals surface area contributed by atoms with Gasteiger partial charge in [-0.25, -0.2) is 0 Å². The van der Waals surface area contributed by atoms with Gasteiger partial charge >= 0.3 is 0 Å². The van der Waals surface area contributed by atoms with E-state index in [1.807, 2.05) is 24.3 Å². The molecule has 0 spiro atoms. The predicted octanol–water partition coefficient (Wildman–Crippen LogP) is 2.30. The molecule has 0 atom stereocenters. The SMILES string of the molecule is CCSc1ccc(/C=C\C(N)=O)cc1. The Morgan fingerprint density at radius 3 is 2.57 bits per heavy atom. The Labute approximate surface area is 88.2 Å². The van der Waals surface area contributed by atoms with Gasteiger partial charge in [-0.2, -0.15) is 0 Å². The average Bonchev–Trinajstić information content (AvgIpc) is 2.17. The molecule has 0 fully saturated rings. The van der Waals surface area contributed by atoms with Crippen molar-refractivity contribution in [2.45, 2.75) is 11.8 Å². The number of amides is 1. The molecule has 0 bridgehead atoms. The van der Waals surface area contributed by atoms with E-state index in [0.717, 1.165) is 11.3 Å². The lowest BCUT2D eigenvalue weighted by Crippen LogP contribution is -2.04. The molecule has 0 aromatic heterocycles. The third kappa shape index (κ3) is 3.66. The van der Waals surface area contributed by atoms with Crippen LogP contribution in [-0.2, 0) is 4.79 Å². The van der Waals surface area contributed by atoms with E-state index in [1.165, 1.54) is 11.0 Å². The highest BCUT2D eigenvalue weighted by molar-refractivity contribution is 7.99. The fraction of sp³-hybridized carbons (Fsp3) is 0.182. The fourth-order valence-corrected chi connectivity index (χ4v) is 1.68. The van der Waals surface area contributed by atoms with Crippen LogP contribution >= 0.6 is 11.8 Å². The van der Waals surface area contributed by atoms with Crippen LogP contribution in [0.2, 0.25) is 0 Å². The summed E-state index contributed by atoms with van der Waals surface area (Å²) in [5.41, 5.74) is 5.98. The van der Waals surface area contributed by atoms with E-state index in [9.17, 15) is 4.79 Å². The molecular formula is C11H13NOS. The standard InChI is InChI=1S/C11H13NOS/c1-2-14-10-6-3-9(4-7-10)5-8-11(12)13/h3-8H,2H2,1H3,(H2,12,13)/b8-5-. The van der Waals surface area contributed by atoms with Crippen LogP contribution in [-0.4, -0.2) is 11.7 Å². The lowest BCUT2D eigenvalue weighted by Gasteiger charge is -1.98. The topological polar surface area (TPSA) is 43.1 Å². The molecule has 74 valence electrons. The molecule has 0 aliphatic carbocycles. The van der Waals surface area contributed by atoms with E-state index in [0.29, 0.717) is 0 Å². The molecule has 2 nitrogen and oxygen atoms in total. The third-order valence-corrected chi connectivity index (χ3v) is 2.53. The van der Waals surface area contributed by atoms with Crippen molar-refractivity contribution < 1.29 is 4.79 Å². The monoisotopic (exact) mass is 207 g/mol. The molecule has 0 radical (unpaired) electrons. The normalized spacial score (nSPS) is 10.6. The molecule has 3 heteroatoms. The van der Waals surface area contributed by atoms with E-state index in [4.69, 9.17) is 5.73 Å². The Morgan fingerprint density at radius 2 is 2.07 bits per heavy atom. The minimum absolute atomic E-state index is 0.419. The first-order valence-corrected chi connectivity index (χ1v) is 5.41. The van der Waals surface area contributed by atoms with Crippen LogP contribution in [0.1, 0.15) is 12.5 Å². The quantitative estimate of drug-likeness (QED) is 0.608. The van der Waals surface area contributed by atoms with E-state index in [1.54, 1.807) is 17.8 Å². The molecular weight excluding hydrogens is 194 g/mol. The number of carbonyl (C=O) groups is 1. The maximum absolute atomic E-state index is 10.5. The van der Waals surface area contributed by atoms with Crippen LogP contribution in [0.25, 0.3) is 6.08 Å². The lowest BCUT2D eigenvalue weighted by molar-refractivity contribution is -0.113. The molecule has 1 aromatic rings. The number of hydrogen-bond acceptors (Lipinski definition) is 2. The first-order valence-electron chi connectivity index (χ1n) is 4.42. The van der Waals surface area contributed by atoms with E-state index >= 15 is 0 Å². The van der Waals surface area contributed by atoms with Crippen molar-refractivity contribution in [2.75, 3.05) is 5.75 Å². The summed E-state index contributed by atoms with van der Waals surface area (Å²) in [7, 11) is 0. The van der Waals surface area contributed by atoms with Gasteiger partial charge in [-0.15, -0.1) is 11.8 Å². The summed E-state index contributed by atoms with van der Waals surface area (Å²) in [6.07, 6.45) is 3.07. The minimum Gasteiger partial charge on any atom is -0.366 e. The highest BCUT2D eigenvalue weighted by Crippen LogP contribution is 2.17. The molecule has 1 amide bonds. The van der Waals surface area contributed by atoms with Gasteiger partial charge in [0.05, 0.1) is 0 Å². The first kappa shape index (κ1) is 10.9. The van der Waals surface area contributed by atoms with Crippen molar-refractivity contribution in [3.63, 3.8) is 0 Å². The zero-order chi connectivity index (χ0) is 10.4. The van der Waals surface area contributed by atoms with Crippen LogP contribution in [0.15, 0.2) is 35.2 Å². The molecule has 0 heterocycles. The van der Waals surface area contributed by atoms with Crippen LogP contribution < -0.4 is 5.73 Å². The molecule has 0 unspecified atom stereocenters. The van der Waals surface area contributed by atoms with Crippen molar-refractivity contribution in [1.29, 1.82) is 0 Å². The van der Waals surface area contributed by atoms with Gasteiger partial charge in [-0.3, -0.25) is 4.79 Å². The Kier molecular flexibility index (Phi) is 4.26. The molecule has 14 heavy (non-hydrogen) atoms. The molecule has 1 rings (SSSR count). The Balaban J connectivity index is 2.68. The zero-order valence-electron chi connectivity index (χ0n) is 8.07. The Hall–Kier alpha value is -1.22. The van der Waals surface area contributed by atoms with Crippen LogP contribution in [0.4, 0.5) is 0 Å². The minimum atomic E-state index is -0.419. The van der Waals surface area contributed by atoms with Crippen molar-refractivity contribution >= 4 is 23.7 Å². The van der Waals surface area contributed by atoms with E-state index < -0.39 is 5.91 Å². The summed E-state index contributed by atoms with van der Waals surface area (Å²) >= 11 is 1.79. The van der Waals surface area contributed by atoms with Crippen molar-refractivity contribution in [3.8, 4) is 0 Å². The number of thioether (sulfide) groups is 1. The highest BCUT2D eigenvalue weighted by Gasteiger charge is 1.91. The summed E-state index contributed by atoms with van der Waals surface area (Å²) in [6.45, 7) is 2.12. The molecule has 0 aliphatic rings. The van der Waals surface area contributed by atoms with Gasteiger partial charge in [-0.1, -0.05) is 19.1 Å². The van der Waals surface area contributed by atoms with Crippen molar-refractivity contribution in [3.05, 3.63) is 35.9 Å². The van der Waals surface area contributed by atoms with Gasteiger partial charge in [-0.05, 0) is 29.5 Å². The number of benzene rings is 1. The second kappa shape index (κ2) is 5.50. The summed E-state index contributed by atoms with van der Waals surface area (Å²) in [6, 6.07) is 8.01. The highest BCUT2D eigenvalue weighted by atomic mass is 32.2. The number of rotatable bonds is 4. The Bertz CT molecular complexity index is 330. The predicted molar refractivity (Wildman–Crippen MR) is 61.1 cm³/mol.